The van der Waals surface area contributed by atoms with Gasteiger partial charge in [-0.1, -0.05) is 36.0 Å². The molecule has 0 aliphatic heterocycles. The van der Waals surface area contributed by atoms with Crippen LogP contribution in [-0.4, -0.2) is 31.9 Å². The van der Waals surface area contributed by atoms with Crippen LogP contribution in [0.15, 0.2) is 47.6 Å². The minimum absolute atomic E-state index is 0.139. The first-order valence-corrected chi connectivity index (χ1v) is 9.01. The van der Waals surface area contributed by atoms with E-state index in [0.29, 0.717) is 10.7 Å². The van der Waals surface area contributed by atoms with Crippen LogP contribution in [0.25, 0.3) is 5.69 Å². The second-order valence-electron chi connectivity index (χ2n) is 5.88. The Morgan fingerprint density at radius 1 is 1.19 bits per heavy atom. The first kappa shape index (κ1) is 18.1. The molecule has 134 valence electrons. The molecule has 0 unspecified atom stereocenters. The van der Waals surface area contributed by atoms with Crippen molar-refractivity contribution < 1.29 is 9.18 Å². The average Bonchev–Trinajstić information content (AvgIpc) is 3.07. The molecule has 1 heterocycles. The number of amides is 1. The van der Waals surface area contributed by atoms with E-state index < -0.39 is 0 Å². The molecule has 0 fully saturated rings. The molecule has 3 aromatic rings. The number of carbonyl (C=O) groups excluding carboxylic acids is 1. The normalized spacial score (nSPS) is 10.7. The van der Waals surface area contributed by atoms with E-state index in [1.165, 1.54) is 17.8 Å². The number of tetrazole rings is 1. The lowest BCUT2D eigenvalue weighted by molar-refractivity contribution is -0.118. The fourth-order valence-corrected chi connectivity index (χ4v) is 3.24. The van der Waals surface area contributed by atoms with Crippen LogP contribution in [0.4, 0.5) is 4.39 Å². The lowest BCUT2D eigenvalue weighted by atomic mass is 10.1. The molecule has 8 heteroatoms. The second kappa shape index (κ2) is 8.09. The Bertz CT molecular complexity index is 907. The minimum atomic E-state index is -0.334. The standard InChI is InChI=1S/C18H18FN5OS/c1-12-7-13(2)9-15(8-12)24-18(21-22-23-24)26-11-17(25)20-10-14-5-3-4-6-16(14)19/h3-9H,10-11H2,1-2H3,(H,20,25). The number of hydrogen-bond acceptors (Lipinski definition) is 5. The van der Waals surface area contributed by atoms with Crippen molar-refractivity contribution >= 4 is 17.7 Å². The number of nitrogens with one attached hydrogen (secondary N) is 1. The summed E-state index contributed by atoms with van der Waals surface area (Å²) in [5.41, 5.74) is 3.51. The summed E-state index contributed by atoms with van der Waals surface area (Å²) in [6.07, 6.45) is 0. The van der Waals surface area contributed by atoms with Gasteiger partial charge < -0.3 is 5.32 Å². The Kier molecular flexibility index (Phi) is 5.62. The zero-order valence-corrected chi connectivity index (χ0v) is 15.3. The van der Waals surface area contributed by atoms with Gasteiger partial charge in [-0.3, -0.25) is 4.79 Å². The molecule has 2 aromatic carbocycles. The Morgan fingerprint density at radius 2 is 1.92 bits per heavy atom. The van der Waals surface area contributed by atoms with Crippen molar-refractivity contribution in [3.05, 3.63) is 65.0 Å². The van der Waals surface area contributed by atoms with Gasteiger partial charge in [0.25, 0.3) is 0 Å². The molecule has 0 aliphatic rings. The smallest absolute Gasteiger partial charge is 0.230 e. The van der Waals surface area contributed by atoms with Crippen LogP contribution in [0.2, 0.25) is 0 Å². The van der Waals surface area contributed by atoms with Crippen LogP contribution in [0.3, 0.4) is 0 Å². The largest absolute Gasteiger partial charge is 0.351 e. The monoisotopic (exact) mass is 371 g/mol. The highest BCUT2D eigenvalue weighted by atomic mass is 32.2. The molecule has 0 radical (unpaired) electrons. The molecule has 0 atom stereocenters. The van der Waals surface area contributed by atoms with Gasteiger partial charge >= 0.3 is 0 Å². The van der Waals surface area contributed by atoms with Crippen molar-refractivity contribution in [3.8, 4) is 5.69 Å². The molecule has 0 saturated heterocycles. The number of aromatic nitrogens is 4. The molecule has 1 N–H and O–H groups in total. The fourth-order valence-electron chi connectivity index (χ4n) is 2.52. The Hall–Kier alpha value is -2.74. The second-order valence-corrected chi connectivity index (χ2v) is 6.82. The molecule has 6 nitrogen and oxygen atoms in total. The highest BCUT2D eigenvalue weighted by Crippen LogP contribution is 2.20. The van der Waals surface area contributed by atoms with Crippen LogP contribution >= 0.6 is 11.8 Å². The Labute approximate surface area is 154 Å². The summed E-state index contributed by atoms with van der Waals surface area (Å²) in [6, 6.07) is 12.4. The number of benzene rings is 2. The van der Waals surface area contributed by atoms with Crippen molar-refractivity contribution in [3.63, 3.8) is 0 Å². The quantitative estimate of drug-likeness (QED) is 0.675. The zero-order valence-electron chi connectivity index (χ0n) is 14.4. The number of hydrogen-bond donors (Lipinski definition) is 1. The van der Waals surface area contributed by atoms with Gasteiger partial charge in [-0.05, 0) is 53.6 Å². The minimum Gasteiger partial charge on any atom is -0.351 e. The van der Waals surface area contributed by atoms with E-state index in [4.69, 9.17) is 0 Å². The number of halogens is 1. The van der Waals surface area contributed by atoms with E-state index in [2.05, 4.69) is 26.9 Å². The van der Waals surface area contributed by atoms with E-state index in [9.17, 15) is 9.18 Å². The SMILES string of the molecule is Cc1cc(C)cc(-n2nnnc2SCC(=O)NCc2ccccc2F)c1. The van der Waals surface area contributed by atoms with Gasteiger partial charge in [0.2, 0.25) is 11.1 Å². The van der Waals surface area contributed by atoms with Crippen LogP contribution < -0.4 is 5.32 Å². The first-order chi connectivity index (χ1) is 12.5. The summed E-state index contributed by atoms with van der Waals surface area (Å²) < 4.78 is 15.2. The highest BCUT2D eigenvalue weighted by Gasteiger charge is 2.12. The maximum absolute atomic E-state index is 13.6. The van der Waals surface area contributed by atoms with Crippen LogP contribution in [0.5, 0.6) is 0 Å². The topological polar surface area (TPSA) is 72.7 Å². The number of rotatable bonds is 6. The molecule has 26 heavy (non-hydrogen) atoms. The first-order valence-electron chi connectivity index (χ1n) is 8.03. The van der Waals surface area contributed by atoms with Gasteiger partial charge in [0.15, 0.2) is 0 Å². The van der Waals surface area contributed by atoms with E-state index >= 15 is 0 Å². The van der Waals surface area contributed by atoms with Crippen molar-refractivity contribution in [2.24, 2.45) is 0 Å². The molecule has 0 saturated carbocycles. The third kappa shape index (κ3) is 4.45. The van der Waals surface area contributed by atoms with E-state index in [0.717, 1.165) is 16.8 Å². The lowest BCUT2D eigenvalue weighted by Crippen LogP contribution is -2.25. The third-order valence-electron chi connectivity index (χ3n) is 3.66. The fraction of sp³-hybridized carbons (Fsp3) is 0.222. The number of nitrogens with zero attached hydrogens (tertiary/aromatic N) is 4. The van der Waals surface area contributed by atoms with E-state index in [1.807, 2.05) is 26.0 Å². The number of aryl methyl sites for hydroxylation is 2. The molecule has 0 spiro atoms. The van der Waals surface area contributed by atoms with Crippen LogP contribution in [-0.2, 0) is 11.3 Å². The van der Waals surface area contributed by atoms with Gasteiger partial charge in [-0.2, -0.15) is 4.68 Å². The Balaban J connectivity index is 1.61. The van der Waals surface area contributed by atoms with Crippen molar-refractivity contribution in [2.75, 3.05) is 5.75 Å². The molecule has 1 aromatic heterocycles. The van der Waals surface area contributed by atoms with Crippen LogP contribution in [0, 0.1) is 19.7 Å². The predicted octanol–water partition coefficient (Wildman–Crippen LogP) is 2.83. The van der Waals surface area contributed by atoms with Gasteiger partial charge in [0.05, 0.1) is 11.4 Å². The lowest BCUT2D eigenvalue weighted by Gasteiger charge is -2.08. The van der Waals surface area contributed by atoms with Crippen molar-refractivity contribution in [1.82, 2.24) is 25.5 Å². The van der Waals surface area contributed by atoms with Gasteiger partial charge in [-0.15, -0.1) is 5.10 Å². The maximum atomic E-state index is 13.6. The Morgan fingerprint density at radius 3 is 2.65 bits per heavy atom. The predicted molar refractivity (Wildman–Crippen MR) is 97.6 cm³/mol. The van der Waals surface area contributed by atoms with Crippen molar-refractivity contribution in [1.29, 1.82) is 0 Å². The number of carbonyl (C=O) groups is 1. The summed E-state index contributed by atoms with van der Waals surface area (Å²) in [7, 11) is 0. The summed E-state index contributed by atoms with van der Waals surface area (Å²) in [5, 5.41) is 14.9. The molecular weight excluding hydrogens is 353 g/mol. The molecule has 0 aliphatic carbocycles. The molecule has 3 rings (SSSR count). The summed E-state index contributed by atoms with van der Waals surface area (Å²) in [4.78, 5) is 12.0. The number of thioether (sulfide) groups is 1. The van der Waals surface area contributed by atoms with Gasteiger partial charge in [0, 0.05) is 12.1 Å². The van der Waals surface area contributed by atoms with Crippen molar-refractivity contribution in [2.45, 2.75) is 25.5 Å². The molecule has 0 bridgehead atoms. The van der Waals surface area contributed by atoms with Gasteiger partial charge in [-0.25, -0.2) is 4.39 Å². The van der Waals surface area contributed by atoms with E-state index in [-0.39, 0.29) is 24.0 Å². The zero-order chi connectivity index (χ0) is 18.5. The third-order valence-corrected chi connectivity index (χ3v) is 4.58. The summed E-state index contributed by atoms with van der Waals surface area (Å²) >= 11 is 1.23. The average molecular weight is 371 g/mol. The molecule has 1 amide bonds. The summed E-state index contributed by atoms with van der Waals surface area (Å²) in [5.74, 6) is -0.410. The molecular formula is C18H18FN5OS. The van der Waals surface area contributed by atoms with E-state index in [1.54, 1.807) is 22.9 Å². The van der Waals surface area contributed by atoms with Gasteiger partial charge in [0.1, 0.15) is 5.82 Å². The highest BCUT2D eigenvalue weighted by molar-refractivity contribution is 7.99. The summed E-state index contributed by atoms with van der Waals surface area (Å²) in [6.45, 7) is 4.15. The maximum Gasteiger partial charge on any atom is 0.230 e. The van der Waals surface area contributed by atoms with Crippen LogP contribution in [0.1, 0.15) is 16.7 Å².